The first kappa shape index (κ1) is 6.63. The summed E-state index contributed by atoms with van der Waals surface area (Å²) in [7, 11) is 0. The Labute approximate surface area is 42.5 Å². The van der Waals surface area contributed by atoms with Crippen molar-refractivity contribution in [2.24, 2.45) is 0 Å². The first-order valence-electron chi connectivity index (χ1n) is 2.11. The van der Waals surface area contributed by atoms with Gasteiger partial charge in [0.2, 0.25) is 5.85 Å². The second kappa shape index (κ2) is 2.07. The zero-order valence-electron chi connectivity index (χ0n) is 4.48. The van der Waals surface area contributed by atoms with E-state index in [9.17, 15) is 4.39 Å². The van der Waals surface area contributed by atoms with Gasteiger partial charge in [-0.1, -0.05) is 6.08 Å². The standard InChI is InChI=1S/C5H9FO/c1-3-4-5(2,6)7/h3-4,7H,1-2H3. The number of allylic oxidation sites excluding steroid dienone is 1. The lowest BCUT2D eigenvalue weighted by molar-refractivity contribution is -0.0224. The van der Waals surface area contributed by atoms with Crippen LogP contribution < -0.4 is 0 Å². The molecule has 2 heteroatoms. The van der Waals surface area contributed by atoms with Crippen LogP contribution in [0.25, 0.3) is 0 Å². The Morgan fingerprint density at radius 2 is 2.14 bits per heavy atom. The molecule has 0 rings (SSSR count). The fourth-order valence-electron chi connectivity index (χ4n) is 0.304. The van der Waals surface area contributed by atoms with Crippen LogP contribution in [0.5, 0.6) is 0 Å². The molecule has 0 aliphatic rings. The van der Waals surface area contributed by atoms with Gasteiger partial charge in [0.25, 0.3) is 0 Å². The highest BCUT2D eigenvalue weighted by Gasteiger charge is 2.09. The molecule has 1 atom stereocenters. The number of alkyl halides is 1. The number of rotatable bonds is 1. The van der Waals surface area contributed by atoms with Gasteiger partial charge in [0.1, 0.15) is 0 Å². The van der Waals surface area contributed by atoms with E-state index in [4.69, 9.17) is 5.11 Å². The summed E-state index contributed by atoms with van der Waals surface area (Å²) < 4.78 is 11.9. The van der Waals surface area contributed by atoms with E-state index in [1.165, 1.54) is 6.08 Å². The summed E-state index contributed by atoms with van der Waals surface area (Å²) in [5.74, 6) is -2.13. The van der Waals surface area contributed by atoms with Gasteiger partial charge in [-0.3, -0.25) is 0 Å². The highest BCUT2D eigenvalue weighted by Crippen LogP contribution is 2.04. The number of halogens is 1. The van der Waals surface area contributed by atoms with E-state index in [1.54, 1.807) is 6.92 Å². The molecule has 0 aromatic carbocycles. The SMILES string of the molecule is CC=CC(C)(O)F. The summed E-state index contributed by atoms with van der Waals surface area (Å²) in [4.78, 5) is 0. The van der Waals surface area contributed by atoms with Gasteiger partial charge in [-0.25, -0.2) is 4.39 Å². The molecule has 42 valence electrons. The number of hydrogen-bond donors (Lipinski definition) is 1. The molecule has 0 saturated heterocycles. The molecule has 0 bridgehead atoms. The molecule has 0 fully saturated rings. The van der Waals surface area contributed by atoms with Gasteiger partial charge in [-0.2, -0.15) is 0 Å². The van der Waals surface area contributed by atoms with Gasteiger partial charge >= 0.3 is 0 Å². The molecule has 0 radical (unpaired) electrons. The smallest absolute Gasteiger partial charge is 0.223 e. The molecule has 0 spiro atoms. The molecule has 0 aliphatic heterocycles. The molecular weight excluding hydrogens is 95.1 g/mol. The van der Waals surface area contributed by atoms with Crippen molar-refractivity contribution >= 4 is 0 Å². The third-order valence-corrected chi connectivity index (χ3v) is 0.471. The van der Waals surface area contributed by atoms with E-state index in [0.717, 1.165) is 13.0 Å². The predicted octanol–water partition coefficient (Wildman–Crippen LogP) is 1.24. The highest BCUT2D eigenvalue weighted by molar-refractivity contribution is 4.88. The lowest BCUT2D eigenvalue weighted by atomic mass is 10.3. The van der Waals surface area contributed by atoms with E-state index in [-0.39, 0.29) is 0 Å². The topological polar surface area (TPSA) is 20.2 Å². The summed E-state index contributed by atoms with van der Waals surface area (Å²) in [6.07, 6.45) is 2.53. The number of hydrogen-bond acceptors (Lipinski definition) is 1. The van der Waals surface area contributed by atoms with Crippen molar-refractivity contribution in [2.45, 2.75) is 19.7 Å². The van der Waals surface area contributed by atoms with Gasteiger partial charge in [-0.15, -0.1) is 0 Å². The summed E-state index contributed by atoms with van der Waals surface area (Å²) in [5, 5.41) is 8.26. The second-order valence-electron chi connectivity index (χ2n) is 1.52. The predicted molar refractivity (Wildman–Crippen MR) is 26.5 cm³/mol. The van der Waals surface area contributed by atoms with Crippen LogP contribution in [0, 0.1) is 0 Å². The minimum atomic E-state index is -2.13. The summed E-state index contributed by atoms with van der Waals surface area (Å²) in [6.45, 7) is 2.72. The maximum Gasteiger partial charge on any atom is 0.223 e. The Kier molecular flexibility index (Phi) is 1.96. The molecule has 0 aromatic heterocycles. The van der Waals surface area contributed by atoms with Gasteiger partial charge < -0.3 is 5.11 Å². The van der Waals surface area contributed by atoms with Crippen LogP contribution in [0.1, 0.15) is 13.8 Å². The summed E-state index contributed by atoms with van der Waals surface area (Å²) in [6, 6.07) is 0. The van der Waals surface area contributed by atoms with Crippen molar-refractivity contribution in [3.8, 4) is 0 Å². The van der Waals surface area contributed by atoms with Crippen molar-refractivity contribution in [3.05, 3.63) is 12.2 Å². The molecule has 0 heterocycles. The Morgan fingerprint density at radius 3 is 2.14 bits per heavy atom. The van der Waals surface area contributed by atoms with Gasteiger partial charge in [-0.05, 0) is 19.9 Å². The van der Waals surface area contributed by atoms with Gasteiger partial charge in [0, 0.05) is 0 Å². The zero-order chi connectivity index (χ0) is 5.91. The molecule has 1 N–H and O–H groups in total. The first-order valence-corrected chi connectivity index (χ1v) is 2.11. The molecule has 0 aliphatic carbocycles. The van der Waals surface area contributed by atoms with Crippen molar-refractivity contribution in [1.29, 1.82) is 0 Å². The molecule has 0 amide bonds. The van der Waals surface area contributed by atoms with Gasteiger partial charge in [0.05, 0.1) is 0 Å². The molecule has 0 saturated carbocycles. The third-order valence-electron chi connectivity index (χ3n) is 0.471. The van der Waals surface area contributed by atoms with Crippen molar-refractivity contribution in [3.63, 3.8) is 0 Å². The van der Waals surface area contributed by atoms with E-state index < -0.39 is 5.85 Å². The fraction of sp³-hybridized carbons (Fsp3) is 0.600. The van der Waals surface area contributed by atoms with E-state index in [0.29, 0.717) is 0 Å². The van der Waals surface area contributed by atoms with Crippen LogP contribution in [0.15, 0.2) is 12.2 Å². The normalized spacial score (nSPS) is 20.0. The van der Waals surface area contributed by atoms with Crippen LogP contribution in [0.3, 0.4) is 0 Å². The molecule has 1 nitrogen and oxygen atoms in total. The van der Waals surface area contributed by atoms with Gasteiger partial charge in [0.15, 0.2) is 0 Å². The molecule has 7 heavy (non-hydrogen) atoms. The Morgan fingerprint density at radius 1 is 1.71 bits per heavy atom. The lowest BCUT2D eigenvalue weighted by Gasteiger charge is -2.02. The second-order valence-corrected chi connectivity index (χ2v) is 1.52. The highest BCUT2D eigenvalue weighted by atomic mass is 19.2. The lowest BCUT2D eigenvalue weighted by Crippen LogP contribution is -2.10. The van der Waals surface area contributed by atoms with Crippen LogP contribution >= 0.6 is 0 Å². The average Bonchev–Trinajstić information content (AvgIpc) is 1.30. The molecular formula is C5H9FO. The van der Waals surface area contributed by atoms with Crippen molar-refractivity contribution < 1.29 is 9.50 Å². The first-order chi connectivity index (χ1) is 3.06. The maximum absolute atomic E-state index is 11.9. The molecule has 0 aromatic rings. The van der Waals surface area contributed by atoms with Crippen LogP contribution in [0.2, 0.25) is 0 Å². The Hall–Kier alpha value is -0.370. The summed E-state index contributed by atoms with van der Waals surface area (Å²) in [5.41, 5.74) is 0. The van der Waals surface area contributed by atoms with Crippen LogP contribution in [-0.2, 0) is 0 Å². The Balaban J connectivity index is 3.56. The zero-order valence-corrected chi connectivity index (χ0v) is 4.48. The maximum atomic E-state index is 11.9. The van der Waals surface area contributed by atoms with Crippen molar-refractivity contribution in [1.82, 2.24) is 0 Å². The quantitative estimate of drug-likeness (QED) is 0.496. The Bertz CT molecular complexity index is 70.6. The summed E-state index contributed by atoms with van der Waals surface area (Å²) >= 11 is 0. The minimum absolute atomic E-state index is 1.08. The van der Waals surface area contributed by atoms with E-state index in [1.807, 2.05) is 0 Å². The van der Waals surface area contributed by atoms with Crippen molar-refractivity contribution in [2.75, 3.05) is 0 Å². The number of aliphatic hydroxyl groups is 1. The monoisotopic (exact) mass is 104 g/mol. The fourth-order valence-corrected chi connectivity index (χ4v) is 0.304. The van der Waals surface area contributed by atoms with Crippen LogP contribution in [0.4, 0.5) is 4.39 Å². The minimum Gasteiger partial charge on any atom is -0.359 e. The van der Waals surface area contributed by atoms with Crippen LogP contribution in [-0.4, -0.2) is 11.0 Å². The largest absolute Gasteiger partial charge is 0.359 e. The average molecular weight is 104 g/mol. The van der Waals surface area contributed by atoms with E-state index >= 15 is 0 Å². The van der Waals surface area contributed by atoms with E-state index in [2.05, 4.69) is 0 Å². The molecule has 1 unspecified atom stereocenters. The third kappa shape index (κ3) is 5.63.